The molecule has 1 atom stereocenters. The fourth-order valence-corrected chi connectivity index (χ4v) is 2.83. The molecule has 0 saturated heterocycles. The molecule has 2 aromatic heterocycles. The number of hydrogen-bond acceptors (Lipinski definition) is 5. The molecule has 1 aromatic carbocycles. The van der Waals surface area contributed by atoms with Crippen molar-refractivity contribution in [1.29, 1.82) is 0 Å². The number of rotatable bonds is 3. The van der Waals surface area contributed by atoms with Crippen molar-refractivity contribution in [2.45, 2.75) is 13.8 Å². The molecule has 3 aromatic rings. The lowest BCUT2D eigenvalue weighted by atomic mass is 10.0. The van der Waals surface area contributed by atoms with Gasteiger partial charge in [-0.1, -0.05) is 36.8 Å². The maximum Gasteiger partial charge on any atom is 0.181 e. The van der Waals surface area contributed by atoms with E-state index in [1.165, 1.54) is 5.56 Å². The first-order valence-corrected chi connectivity index (χ1v) is 8.43. The van der Waals surface area contributed by atoms with Gasteiger partial charge < -0.3 is 4.98 Å². The SMILES string of the molecule is Cc1cccc(-c2nnc(C3=CN=CC(C)C(c4cccnc4)=N3)[nH]2)c1. The van der Waals surface area contributed by atoms with Crippen molar-refractivity contribution in [3.8, 4) is 11.4 Å². The molecule has 4 rings (SSSR count). The summed E-state index contributed by atoms with van der Waals surface area (Å²) in [5, 5.41) is 8.54. The first-order chi connectivity index (χ1) is 12.7. The van der Waals surface area contributed by atoms with Crippen LogP contribution in [0.1, 0.15) is 23.9 Å². The van der Waals surface area contributed by atoms with Crippen LogP contribution in [-0.2, 0) is 0 Å². The van der Waals surface area contributed by atoms with Gasteiger partial charge in [-0.15, -0.1) is 10.2 Å². The Kier molecular flexibility index (Phi) is 4.23. The standard InChI is InChI=1S/C20H18N6/c1-13-5-3-6-15(9-13)19-24-20(26-25-19)17-12-22-10-14(2)18(23-17)16-7-4-8-21-11-16/h3-12,14H,1-2H3,(H,24,25,26). The van der Waals surface area contributed by atoms with Crippen LogP contribution >= 0.6 is 0 Å². The van der Waals surface area contributed by atoms with E-state index in [9.17, 15) is 0 Å². The van der Waals surface area contributed by atoms with Crippen LogP contribution in [0.3, 0.4) is 0 Å². The lowest BCUT2D eigenvalue weighted by molar-refractivity contribution is 1.06. The van der Waals surface area contributed by atoms with E-state index in [1.54, 1.807) is 12.4 Å². The van der Waals surface area contributed by atoms with Crippen LogP contribution in [-0.4, -0.2) is 32.1 Å². The average molecular weight is 342 g/mol. The molecule has 1 N–H and O–H groups in total. The van der Waals surface area contributed by atoms with Crippen LogP contribution in [0.2, 0.25) is 0 Å². The first-order valence-electron chi connectivity index (χ1n) is 8.43. The number of benzene rings is 1. The Balaban J connectivity index is 1.72. The molecule has 0 spiro atoms. The Morgan fingerprint density at radius 1 is 1.00 bits per heavy atom. The minimum Gasteiger partial charge on any atom is -0.320 e. The van der Waals surface area contributed by atoms with E-state index >= 15 is 0 Å². The minimum absolute atomic E-state index is 0.0760. The zero-order chi connectivity index (χ0) is 17.9. The van der Waals surface area contributed by atoms with Gasteiger partial charge in [0, 0.05) is 35.7 Å². The molecule has 0 aliphatic carbocycles. The van der Waals surface area contributed by atoms with Crippen molar-refractivity contribution in [1.82, 2.24) is 20.2 Å². The van der Waals surface area contributed by atoms with Crippen LogP contribution in [0.15, 0.2) is 65.0 Å². The summed E-state index contributed by atoms with van der Waals surface area (Å²) in [5.74, 6) is 1.38. The number of pyridine rings is 1. The van der Waals surface area contributed by atoms with E-state index in [4.69, 9.17) is 4.99 Å². The predicted octanol–water partition coefficient (Wildman–Crippen LogP) is 3.68. The second-order valence-electron chi connectivity index (χ2n) is 6.23. The summed E-state index contributed by atoms with van der Waals surface area (Å²) in [4.78, 5) is 16.6. The van der Waals surface area contributed by atoms with Crippen molar-refractivity contribution < 1.29 is 0 Å². The molecular formula is C20H18N6. The Bertz CT molecular complexity index is 1010. The Labute approximate surface area is 151 Å². The molecule has 1 unspecified atom stereocenters. The van der Waals surface area contributed by atoms with Gasteiger partial charge in [-0.3, -0.25) is 9.98 Å². The predicted molar refractivity (Wildman–Crippen MR) is 103 cm³/mol. The van der Waals surface area contributed by atoms with Gasteiger partial charge in [-0.2, -0.15) is 0 Å². The number of nitrogens with one attached hydrogen (secondary N) is 1. The van der Waals surface area contributed by atoms with Crippen molar-refractivity contribution >= 4 is 17.6 Å². The molecule has 1 aliphatic heterocycles. The molecular weight excluding hydrogens is 324 g/mol. The molecule has 3 heterocycles. The molecule has 0 bridgehead atoms. The van der Waals surface area contributed by atoms with Gasteiger partial charge >= 0.3 is 0 Å². The fourth-order valence-electron chi connectivity index (χ4n) is 2.83. The van der Waals surface area contributed by atoms with E-state index in [2.05, 4.69) is 51.1 Å². The van der Waals surface area contributed by atoms with Gasteiger partial charge in [0.2, 0.25) is 0 Å². The number of aromatic amines is 1. The number of aliphatic imine (C=N–C) groups is 2. The summed E-state index contributed by atoms with van der Waals surface area (Å²) in [5.41, 5.74) is 4.68. The summed E-state index contributed by atoms with van der Waals surface area (Å²) < 4.78 is 0. The first kappa shape index (κ1) is 16.1. The Morgan fingerprint density at radius 2 is 1.85 bits per heavy atom. The van der Waals surface area contributed by atoms with E-state index in [0.717, 1.165) is 16.8 Å². The van der Waals surface area contributed by atoms with Crippen LogP contribution in [0.5, 0.6) is 0 Å². The molecule has 128 valence electrons. The third kappa shape index (κ3) is 3.21. The van der Waals surface area contributed by atoms with Gasteiger partial charge in [-0.25, -0.2) is 4.99 Å². The number of nitrogens with zero attached hydrogens (tertiary/aromatic N) is 5. The van der Waals surface area contributed by atoms with Crippen LogP contribution < -0.4 is 0 Å². The third-order valence-corrected chi connectivity index (χ3v) is 4.16. The molecule has 0 fully saturated rings. The zero-order valence-corrected chi connectivity index (χ0v) is 14.6. The summed E-state index contributed by atoms with van der Waals surface area (Å²) in [7, 11) is 0. The maximum absolute atomic E-state index is 4.80. The van der Waals surface area contributed by atoms with Crippen molar-refractivity contribution in [2.24, 2.45) is 15.9 Å². The average Bonchev–Trinajstić information content (AvgIpc) is 3.07. The van der Waals surface area contributed by atoms with Crippen molar-refractivity contribution in [3.63, 3.8) is 0 Å². The van der Waals surface area contributed by atoms with E-state index < -0.39 is 0 Å². The monoisotopic (exact) mass is 342 g/mol. The summed E-state index contributed by atoms with van der Waals surface area (Å²) in [6, 6.07) is 12.0. The number of hydrogen-bond donors (Lipinski definition) is 1. The largest absolute Gasteiger partial charge is 0.320 e. The second kappa shape index (κ2) is 6.84. The maximum atomic E-state index is 4.80. The molecule has 6 nitrogen and oxygen atoms in total. The summed E-state index contributed by atoms with van der Waals surface area (Å²) in [6.45, 7) is 4.11. The van der Waals surface area contributed by atoms with Crippen LogP contribution in [0.25, 0.3) is 17.1 Å². The highest BCUT2D eigenvalue weighted by atomic mass is 15.2. The number of aromatic nitrogens is 4. The molecule has 1 aliphatic rings. The normalized spacial score (nSPS) is 16.8. The van der Waals surface area contributed by atoms with E-state index in [0.29, 0.717) is 17.3 Å². The zero-order valence-electron chi connectivity index (χ0n) is 14.6. The molecule has 0 saturated carbocycles. The molecule has 6 heteroatoms. The van der Waals surface area contributed by atoms with Crippen molar-refractivity contribution in [2.75, 3.05) is 0 Å². The highest BCUT2D eigenvalue weighted by Crippen LogP contribution is 2.22. The summed E-state index contributed by atoms with van der Waals surface area (Å²) >= 11 is 0. The van der Waals surface area contributed by atoms with E-state index in [-0.39, 0.29) is 5.92 Å². The summed E-state index contributed by atoms with van der Waals surface area (Å²) in [6.07, 6.45) is 7.14. The topological polar surface area (TPSA) is 79.2 Å². The van der Waals surface area contributed by atoms with Gasteiger partial charge in [0.15, 0.2) is 11.6 Å². The quantitative estimate of drug-likeness (QED) is 0.788. The van der Waals surface area contributed by atoms with E-state index in [1.807, 2.05) is 36.7 Å². The number of aryl methyl sites for hydroxylation is 1. The highest BCUT2D eigenvalue weighted by Gasteiger charge is 2.17. The highest BCUT2D eigenvalue weighted by molar-refractivity contribution is 6.11. The smallest absolute Gasteiger partial charge is 0.181 e. The fraction of sp³-hybridized carbons (Fsp3) is 0.150. The van der Waals surface area contributed by atoms with Crippen molar-refractivity contribution in [3.05, 3.63) is 71.9 Å². The molecule has 26 heavy (non-hydrogen) atoms. The number of H-pyrrole nitrogens is 1. The second-order valence-corrected chi connectivity index (χ2v) is 6.23. The van der Waals surface area contributed by atoms with Gasteiger partial charge in [0.25, 0.3) is 0 Å². The Hall–Kier alpha value is -3.41. The molecule has 0 amide bonds. The Morgan fingerprint density at radius 3 is 2.65 bits per heavy atom. The lowest BCUT2D eigenvalue weighted by Gasteiger charge is -2.09. The van der Waals surface area contributed by atoms with Gasteiger partial charge in [-0.05, 0) is 19.1 Å². The van der Waals surface area contributed by atoms with Gasteiger partial charge in [0.1, 0.15) is 5.70 Å². The van der Waals surface area contributed by atoms with Crippen LogP contribution in [0, 0.1) is 12.8 Å². The minimum atomic E-state index is 0.0760. The van der Waals surface area contributed by atoms with Gasteiger partial charge in [0.05, 0.1) is 11.9 Å². The lowest BCUT2D eigenvalue weighted by Crippen LogP contribution is -2.13. The van der Waals surface area contributed by atoms with Crippen LogP contribution in [0.4, 0.5) is 0 Å². The third-order valence-electron chi connectivity index (χ3n) is 4.16. The molecule has 0 radical (unpaired) electrons.